The average molecular weight is 275 g/mol. The SMILES string of the molecule is O=C(CCc1ccsc1)NCc1ccccc1CO. The van der Waals surface area contributed by atoms with Gasteiger partial charge in [-0.15, -0.1) is 0 Å². The number of thiophene rings is 1. The van der Waals surface area contributed by atoms with Gasteiger partial charge >= 0.3 is 0 Å². The minimum absolute atomic E-state index is 0.000940. The van der Waals surface area contributed by atoms with E-state index in [9.17, 15) is 9.90 Å². The molecule has 0 saturated carbocycles. The number of aliphatic hydroxyl groups excluding tert-OH is 1. The molecule has 0 bridgehead atoms. The third-order valence-electron chi connectivity index (χ3n) is 2.99. The van der Waals surface area contributed by atoms with Crippen LogP contribution in [0.1, 0.15) is 23.1 Å². The predicted molar refractivity (Wildman–Crippen MR) is 76.9 cm³/mol. The van der Waals surface area contributed by atoms with Gasteiger partial charge in [0.05, 0.1) is 6.61 Å². The first-order valence-corrected chi connectivity index (χ1v) is 7.19. The molecule has 4 heteroatoms. The van der Waals surface area contributed by atoms with Gasteiger partial charge < -0.3 is 10.4 Å². The summed E-state index contributed by atoms with van der Waals surface area (Å²) in [4.78, 5) is 11.7. The zero-order valence-electron chi connectivity index (χ0n) is 10.6. The van der Waals surface area contributed by atoms with Crippen LogP contribution in [0.3, 0.4) is 0 Å². The first kappa shape index (κ1) is 13.8. The Labute approximate surface area is 116 Å². The van der Waals surface area contributed by atoms with Crippen molar-refractivity contribution in [3.8, 4) is 0 Å². The lowest BCUT2D eigenvalue weighted by Gasteiger charge is -2.08. The molecule has 0 radical (unpaired) electrons. The standard InChI is InChI=1S/C15H17NO2S/c17-10-14-4-2-1-3-13(14)9-16-15(18)6-5-12-7-8-19-11-12/h1-4,7-8,11,17H,5-6,9-10H2,(H,16,18). The molecule has 1 aromatic carbocycles. The number of hydrogen-bond acceptors (Lipinski definition) is 3. The number of aliphatic hydroxyl groups is 1. The Kier molecular flexibility index (Phi) is 5.12. The van der Waals surface area contributed by atoms with Crippen LogP contribution in [0.25, 0.3) is 0 Å². The molecule has 0 aliphatic heterocycles. The summed E-state index contributed by atoms with van der Waals surface area (Å²) in [5.41, 5.74) is 3.03. The third kappa shape index (κ3) is 4.19. The molecular formula is C15H17NO2S. The number of amides is 1. The number of aryl methyl sites for hydroxylation is 1. The van der Waals surface area contributed by atoms with Crippen LogP contribution in [0.5, 0.6) is 0 Å². The molecule has 0 saturated heterocycles. The average Bonchev–Trinajstić information content (AvgIpc) is 2.96. The van der Waals surface area contributed by atoms with E-state index in [0.717, 1.165) is 17.5 Å². The Hall–Kier alpha value is -1.65. The number of nitrogens with one attached hydrogen (secondary N) is 1. The van der Waals surface area contributed by atoms with E-state index in [1.54, 1.807) is 11.3 Å². The van der Waals surface area contributed by atoms with E-state index in [-0.39, 0.29) is 12.5 Å². The molecule has 0 aliphatic carbocycles. The summed E-state index contributed by atoms with van der Waals surface area (Å²) < 4.78 is 0. The van der Waals surface area contributed by atoms with Gasteiger partial charge in [0, 0.05) is 13.0 Å². The van der Waals surface area contributed by atoms with Gasteiger partial charge in [-0.2, -0.15) is 11.3 Å². The summed E-state index contributed by atoms with van der Waals surface area (Å²) in [7, 11) is 0. The lowest BCUT2D eigenvalue weighted by molar-refractivity contribution is -0.121. The minimum Gasteiger partial charge on any atom is -0.392 e. The normalized spacial score (nSPS) is 10.4. The van der Waals surface area contributed by atoms with Crippen LogP contribution in [0, 0.1) is 0 Å². The fourth-order valence-electron chi connectivity index (χ4n) is 1.86. The van der Waals surface area contributed by atoms with E-state index < -0.39 is 0 Å². The predicted octanol–water partition coefficient (Wildman–Crippen LogP) is 2.49. The van der Waals surface area contributed by atoms with E-state index in [2.05, 4.69) is 10.7 Å². The van der Waals surface area contributed by atoms with Gasteiger partial charge in [-0.3, -0.25) is 4.79 Å². The second-order valence-electron chi connectivity index (χ2n) is 4.34. The molecule has 1 amide bonds. The summed E-state index contributed by atoms with van der Waals surface area (Å²) in [6.45, 7) is 0.472. The van der Waals surface area contributed by atoms with Gasteiger partial charge in [0.15, 0.2) is 0 Å². The van der Waals surface area contributed by atoms with Crippen LogP contribution >= 0.6 is 11.3 Å². The zero-order chi connectivity index (χ0) is 13.5. The van der Waals surface area contributed by atoms with E-state index >= 15 is 0 Å². The lowest BCUT2D eigenvalue weighted by Crippen LogP contribution is -2.23. The maximum atomic E-state index is 11.7. The topological polar surface area (TPSA) is 49.3 Å². The fraction of sp³-hybridized carbons (Fsp3) is 0.267. The summed E-state index contributed by atoms with van der Waals surface area (Å²) in [5.74, 6) is 0.0407. The fourth-order valence-corrected chi connectivity index (χ4v) is 2.56. The first-order chi connectivity index (χ1) is 9.29. The molecule has 0 fully saturated rings. The number of carbonyl (C=O) groups is 1. The van der Waals surface area contributed by atoms with Gasteiger partial charge in [0.25, 0.3) is 0 Å². The zero-order valence-corrected chi connectivity index (χ0v) is 11.5. The highest BCUT2D eigenvalue weighted by Gasteiger charge is 2.05. The lowest BCUT2D eigenvalue weighted by atomic mass is 10.1. The van der Waals surface area contributed by atoms with Crippen molar-refractivity contribution in [1.82, 2.24) is 5.32 Å². The molecule has 0 unspecified atom stereocenters. The maximum absolute atomic E-state index is 11.7. The van der Waals surface area contributed by atoms with Gasteiger partial charge in [0.1, 0.15) is 0 Å². The highest BCUT2D eigenvalue weighted by molar-refractivity contribution is 7.07. The molecule has 0 atom stereocenters. The van der Waals surface area contributed by atoms with E-state index in [4.69, 9.17) is 0 Å². The first-order valence-electron chi connectivity index (χ1n) is 6.25. The Morgan fingerprint density at radius 2 is 2.00 bits per heavy atom. The number of hydrogen-bond donors (Lipinski definition) is 2. The Balaban J connectivity index is 1.80. The molecule has 3 nitrogen and oxygen atoms in total. The summed E-state index contributed by atoms with van der Waals surface area (Å²) in [6.07, 6.45) is 1.27. The van der Waals surface area contributed by atoms with Crippen LogP contribution in [0.15, 0.2) is 41.1 Å². The Morgan fingerprint density at radius 3 is 2.68 bits per heavy atom. The number of benzene rings is 1. The van der Waals surface area contributed by atoms with E-state index in [0.29, 0.717) is 13.0 Å². The molecule has 0 aliphatic rings. The van der Waals surface area contributed by atoms with Crippen LogP contribution in [-0.4, -0.2) is 11.0 Å². The van der Waals surface area contributed by atoms with Crippen molar-refractivity contribution in [2.45, 2.75) is 26.0 Å². The summed E-state index contributed by atoms with van der Waals surface area (Å²) in [5, 5.41) is 16.2. The Morgan fingerprint density at radius 1 is 1.21 bits per heavy atom. The van der Waals surface area contributed by atoms with E-state index in [1.165, 1.54) is 5.56 Å². The largest absolute Gasteiger partial charge is 0.392 e. The van der Waals surface area contributed by atoms with Crippen LogP contribution in [0.2, 0.25) is 0 Å². The van der Waals surface area contributed by atoms with Crippen molar-refractivity contribution in [2.75, 3.05) is 0 Å². The smallest absolute Gasteiger partial charge is 0.220 e. The molecule has 0 spiro atoms. The molecule has 2 N–H and O–H groups in total. The van der Waals surface area contributed by atoms with Gasteiger partial charge in [-0.05, 0) is 39.9 Å². The molecule has 1 heterocycles. The molecule has 2 rings (SSSR count). The molecule has 19 heavy (non-hydrogen) atoms. The van der Waals surface area contributed by atoms with Gasteiger partial charge in [0.2, 0.25) is 5.91 Å². The molecular weight excluding hydrogens is 258 g/mol. The van der Waals surface area contributed by atoms with E-state index in [1.807, 2.05) is 35.7 Å². The monoisotopic (exact) mass is 275 g/mol. The van der Waals surface area contributed by atoms with Crippen molar-refractivity contribution in [3.05, 3.63) is 57.8 Å². The van der Waals surface area contributed by atoms with Crippen molar-refractivity contribution in [2.24, 2.45) is 0 Å². The highest BCUT2D eigenvalue weighted by Crippen LogP contribution is 2.10. The second kappa shape index (κ2) is 7.07. The molecule has 100 valence electrons. The van der Waals surface area contributed by atoms with Crippen molar-refractivity contribution in [3.63, 3.8) is 0 Å². The highest BCUT2D eigenvalue weighted by atomic mass is 32.1. The minimum atomic E-state index is 0.000940. The summed E-state index contributed by atoms with van der Waals surface area (Å²) >= 11 is 1.65. The second-order valence-corrected chi connectivity index (χ2v) is 5.12. The third-order valence-corrected chi connectivity index (χ3v) is 3.72. The maximum Gasteiger partial charge on any atom is 0.220 e. The Bertz CT molecular complexity index is 523. The van der Waals surface area contributed by atoms with Crippen molar-refractivity contribution in [1.29, 1.82) is 0 Å². The molecule has 1 aromatic heterocycles. The molecule has 2 aromatic rings. The van der Waals surface area contributed by atoms with Crippen LogP contribution in [0.4, 0.5) is 0 Å². The van der Waals surface area contributed by atoms with Crippen LogP contribution < -0.4 is 5.32 Å². The number of carbonyl (C=O) groups excluding carboxylic acids is 1. The van der Waals surface area contributed by atoms with Gasteiger partial charge in [-0.25, -0.2) is 0 Å². The number of rotatable bonds is 6. The van der Waals surface area contributed by atoms with Crippen molar-refractivity contribution < 1.29 is 9.90 Å². The summed E-state index contributed by atoms with van der Waals surface area (Å²) in [6, 6.07) is 9.62. The quantitative estimate of drug-likeness (QED) is 0.851. The van der Waals surface area contributed by atoms with Crippen LogP contribution in [-0.2, 0) is 24.4 Å². The van der Waals surface area contributed by atoms with Gasteiger partial charge in [-0.1, -0.05) is 24.3 Å². The van der Waals surface area contributed by atoms with Crippen molar-refractivity contribution >= 4 is 17.2 Å².